The monoisotopic (exact) mass is 284 g/mol. The molecule has 2 rings (SSSR count). The highest BCUT2D eigenvalue weighted by Crippen LogP contribution is 2.33. The van der Waals surface area contributed by atoms with E-state index in [2.05, 4.69) is 28.0 Å². The lowest BCUT2D eigenvalue weighted by molar-refractivity contribution is -0.119. The van der Waals surface area contributed by atoms with Gasteiger partial charge >= 0.3 is 0 Å². The molecule has 4 heteroatoms. The van der Waals surface area contributed by atoms with Gasteiger partial charge in [-0.25, -0.2) is 0 Å². The zero-order valence-corrected chi connectivity index (χ0v) is 11.3. The second-order valence-electron chi connectivity index (χ2n) is 4.48. The predicted molar refractivity (Wildman–Crippen MR) is 66.7 cm³/mol. The average molecular weight is 285 g/mol. The highest BCUT2D eigenvalue weighted by atomic mass is 79.9. The van der Waals surface area contributed by atoms with Crippen LogP contribution in [-0.2, 0) is 24.7 Å². The first kappa shape index (κ1) is 11.8. The summed E-state index contributed by atoms with van der Waals surface area (Å²) in [6.45, 7) is 2.10. The molecule has 1 aromatic heterocycles. The van der Waals surface area contributed by atoms with Crippen molar-refractivity contribution < 1.29 is 4.79 Å². The largest absolute Gasteiger partial charge is 0.298 e. The van der Waals surface area contributed by atoms with Gasteiger partial charge in [-0.15, -0.1) is 0 Å². The van der Waals surface area contributed by atoms with Crippen molar-refractivity contribution in [2.75, 3.05) is 0 Å². The van der Waals surface area contributed by atoms with Gasteiger partial charge in [0.05, 0.1) is 10.5 Å². The first-order valence-corrected chi connectivity index (χ1v) is 6.72. The maximum atomic E-state index is 11.8. The van der Waals surface area contributed by atoms with Gasteiger partial charge in [-0.2, -0.15) is 5.10 Å². The van der Waals surface area contributed by atoms with Crippen molar-refractivity contribution in [3.63, 3.8) is 0 Å². The number of carbonyl (C=O) groups excluding carboxylic acids is 1. The van der Waals surface area contributed by atoms with E-state index in [1.54, 1.807) is 0 Å². The Balaban J connectivity index is 2.04. The van der Waals surface area contributed by atoms with Crippen molar-refractivity contribution in [2.24, 2.45) is 13.0 Å². The van der Waals surface area contributed by atoms with E-state index in [0.717, 1.165) is 31.4 Å². The van der Waals surface area contributed by atoms with Crippen LogP contribution in [0.4, 0.5) is 0 Å². The Morgan fingerprint density at radius 1 is 1.69 bits per heavy atom. The fourth-order valence-corrected chi connectivity index (χ4v) is 2.69. The van der Waals surface area contributed by atoms with Crippen LogP contribution >= 0.6 is 15.9 Å². The number of hydrogen-bond acceptors (Lipinski definition) is 2. The van der Waals surface area contributed by atoms with Crippen LogP contribution < -0.4 is 0 Å². The standard InChI is InChI=1S/C12H17BrN2O/c1-3-11-9(7-15(2)14-11)6-10(13)12(16)8-4-5-8/h7-8,10H,3-6H2,1-2H3. The summed E-state index contributed by atoms with van der Waals surface area (Å²) in [4.78, 5) is 11.8. The number of halogens is 1. The van der Waals surface area contributed by atoms with E-state index >= 15 is 0 Å². The molecule has 1 aromatic rings. The molecule has 16 heavy (non-hydrogen) atoms. The van der Waals surface area contributed by atoms with Gasteiger partial charge in [0, 0.05) is 19.2 Å². The van der Waals surface area contributed by atoms with Crippen LogP contribution in [0.3, 0.4) is 0 Å². The van der Waals surface area contributed by atoms with Gasteiger partial charge in [0.1, 0.15) is 5.78 Å². The lowest BCUT2D eigenvalue weighted by atomic mass is 10.1. The van der Waals surface area contributed by atoms with Gasteiger partial charge in [-0.05, 0) is 31.2 Å². The Kier molecular flexibility index (Phi) is 3.47. The molecule has 1 aliphatic rings. The summed E-state index contributed by atoms with van der Waals surface area (Å²) in [6, 6.07) is 0. The van der Waals surface area contributed by atoms with Crippen LogP contribution in [0.2, 0.25) is 0 Å². The fraction of sp³-hybridized carbons (Fsp3) is 0.667. The summed E-state index contributed by atoms with van der Waals surface area (Å²) >= 11 is 3.51. The Morgan fingerprint density at radius 3 is 2.94 bits per heavy atom. The van der Waals surface area contributed by atoms with E-state index in [1.165, 1.54) is 5.56 Å². The third-order valence-electron chi connectivity index (χ3n) is 3.01. The molecule has 0 spiro atoms. The third-order valence-corrected chi connectivity index (χ3v) is 3.79. The topological polar surface area (TPSA) is 34.9 Å². The average Bonchev–Trinajstić information content (AvgIpc) is 3.03. The van der Waals surface area contributed by atoms with Crippen molar-refractivity contribution in [3.05, 3.63) is 17.5 Å². The molecular weight excluding hydrogens is 268 g/mol. The van der Waals surface area contributed by atoms with Crippen molar-refractivity contribution >= 4 is 21.7 Å². The van der Waals surface area contributed by atoms with Crippen LogP contribution in [0, 0.1) is 5.92 Å². The molecule has 1 atom stereocenters. The molecule has 1 heterocycles. The van der Waals surface area contributed by atoms with E-state index in [9.17, 15) is 4.79 Å². The Hall–Kier alpha value is -0.640. The molecule has 0 aromatic carbocycles. The molecule has 1 unspecified atom stereocenters. The number of alkyl halides is 1. The van der Waals surface area contributed by atoms with Crippen LogP contribution in [0.1, 0.15) is 31.0 Å². The molecule has 0 amide bonds. The normalized spacial score (nSPS) is 17.4. The number of aryl methyl sites for hydroxylation is 2. The SMILES string of the molecule is CCc1nn(C)cc1CC(Br)C(=O)C1CC1. The summed E-state index contributed by atoms with van der Waals surface area (Å²) in [6.07, 6.45) is 5.87. The molecule has 0 aliphatic heterocycles. The fourth-order valence-electron chi connectivity index (χ4n) is 1.97. The summed E-state index contributed by atoms with van der Waals surface area (Å²) < 4.78 is 1.83. The molecule has 1 fully saturated rings. The predicted octanol–water partition coefficient (Wildman–Crippen LogP) is 2.27. The third kappa shape index (κ3) is 2.54. The second-order valence-corrected chi connectivity index (χ2v) is 5.58. The van der Waals surface area contributed by atoms with E-state index in [4.69, 9.17) is 0 Å². The number of rotatable bonds is 5. The second kappa shape index (κ2) is 4.70. The number of carbonyl (C=O) groups is 1. The van der Waals surface area contributed by atoms with Gasteiger partial charge in [0.15, 0.2) is 0 Å². The van der Waals surface area contributed by atoms with Crippen molar-refractivity contribution in [2.45, 2.75) is 37.4 Å². The molecule has 0 radical (unpaired) electrons. The lowest BCUT2D eigenvalue weighted by Crippen LogP contribution is -2.18. The quantitative estimate of drug-likeness (QED) is 0.778. The number of Topliss-reactive ketones (excluding diaryl/α,β-unsaturated/α-hetero) is 1. The van der Waals surface area contributed by atoms with Crippen molar-refractivity contribution in [3.8, 4) is 0 Å². The number of aromatic nitrogens is 2. The van der Waals surface area contributed by atoms with Gasteiger partial charge in [-0.1, -0.05) is 22.9 Å². The molecule has 3 nitrogen and oxygen atoms in total. The van der Waals surface area contributed by atoms with Crippen LogP contribution in [0.5, 0.6) is 0 Å². The summed E-state index contributed by atoms with van der Waals surface area (Å²) in [5, 5.41) is 4.39. The summed E-state index contributed by atoms with van der Waals surface area (Å²) in [5.74, 6) is 0.692. The first-order chi connectivity index (χ1) is 7.61. The smallest absolute Gasteiger partial charge is 0.149 e. The van der Waals surface area contributed by atoms with E-state index in [-0.39, 0.29) is 4.83 Å². The van der Waals surface area contributed by atoms with Gasteiger partial charge in [0.25, 0.3) is 0 Å². The number of hydrogen-bond donors (Lipinski definition) is 0. The molecule has 1 saturated carbocycles. The van der Waals surface area contributed by atoms with Gasteiger partial charge < -0.3 is 0 Å². The summed E-state index contributed by atoms with van der Waals surface area (Å²) in [7, 11) is 1.93. The minimum absolute atomic E-state index is 0.0329. The zero-order valence-electron chi connectivity index (χ0n) is 9.74. The number of ketones is 1. The lowest BCUT2D eigenvalue weighted by Gasteiger charge is -2.07. The molecular formula is C12H17BrN2O. The van der Waals surface area contributed by atoms with Gasteiger partial charge in [-0.3, -0.25) is 9.48 Å². The minimum atomic E-state index is -0.0329. The van der Waals surface area contributed by atoms with E-state index in [0.29, 0.717) is 11.7 Å². The zero-order chi connectivity index (χ0) is 11.7. The molecule has 0 saturated heterocycles. The highest BCUT2D eigenvalue weighted by Gasteiger charge is 2.33. The van der Waals surface area contributed by atoms with Crippen LogP contribution in [-0.4, -0.2) is 20.4 Å². The summed E-state index contributed by atoms with van der Waals surface area (Å²) in [5.41, 5.74) is 2.30. The van der Waals surface area contributed by atoms with Crippen LogP contribution in [0.25, 0.3) is 0 Å². The first-order valence-electron chi connectivity index (χ1n) is 5.81. The van der Waals surface area contributed by atoms with Crippen molar-refractivity contribution in [1.29, 1.82) is 0 Å². The molecule has 88 valence electrons. The molecule has 0 N–H and O–H groups in total. The van der Waals surface area contributed by atoms with Crippen molar-refractivity contribution in [1.82, 2.24) is 9.78 Å². The van der Waals surface area contributed by atoms with E-state index in [1.807, 2.05) is 17.9 Å². The molecule has 1 aliphatic carbocycles. The number of nitrogens with zero attached hydrogens (tertiary/aromatic N) is 2. The Labute approximate surface area is 104 Å². The van der Waals surface area contributed by atoms with E-state index < -0.39 is 0 Å². The highest BCUT2D eigenvalue weighted by molar-refractivity contribution is 9.10. The molecule has 0 bridgehead atoms. The maximum Gasteiger partial charge on any atom is 0.149 e. The Bertz CT molecular complexity index is 396. The minimum Gasteiger partial charge on any atom is -0.298 e. The van der Waals surface area contributed by atoms with Crippen LogP contribution in [0.15, 0.2) is 6.20 Å². The maximum absolute atomic E-state index is 11.8. The van der Waals surface area contributed by atoms with Gasteiger partial charge in [0.2, 0.25) is 0 Å². The Morgan fingerprint density at radius 2 is 2.38 bits per heavy atom.